The minimum atomic E-state index is -1.42. The molecule has 0 unspecified atom stereocenters. The SMILES string of the molecule is O=C(O)CC[C@H](NF)C(=O)O. The van der Waals surface area contributed by atoms with Gasteiger partial charge in [-0.2, -0.15) is 0 Å². The number of halogens is 1. The summed E-state index contributed by atoms with van der Waals surface area (Å²) in [6, 6.07) is -1.42. The molecule has 0 spiro atoms. The fraction of sp³-hybridized carbons (Fsp3) is 0.600. The minimum absolute atomic E-state index is 0.263. The minimum Gasteiger partial charge on any atom is -0.481 e. The highest BCUT2D eigenvalue weighted by Crippen LogP contribution is 1.97. The predicted octanol–water partition coefficient (Wildman–Crippen LogP) is -0.222. The van der Waals surface area contributed by atoms with Crippen molar-refractivity contribution < 1.29 is 24.3 Å². The summed E-state index contributed by atoms with van der Waals surface area (Å²) in [6.07, 6.45) is -0.630. The normalized spacial score (nSPS) is 12.5. The van der Waals surface area contributed by atoms with Crippen LogP contribution in [0.1, 0.15) is 12.8 Å². The number of aliphatic carboxylic acids is 2. The summed E-state index contributed by atoms with van der Waals surface area (Å²) in [7, 11) is 0. The molecule has 0 heterocycles. The van der Waals surface area contributed by atoms with Gasteiger partial charge in [-0.1, -0.05) is 0 Å². The van der Waals surface area contributed by atoms with E-state index in [2.05, 4.69) is 0 Å². The molecular formula is C5H8FNO4. The first-order valence-electron chi connectivity index (χ1n) is 2.88. The van der Waals surface area contributed by atoms with Gasteiger partial charge in [0.25, 0.3) is 0 Å². The number of carbonyl (C=O) groups is 2. The van der Waals surface area contributed by atoms with Crippen LogP contribution in [0.3, 0.4) is 0 Å². The molecule has 0 amide bonds. The Hall–Kier alpha value is -1.17. The fourth-order valence-corrected chi connectivity index (χ4v) is 0.493. The first-order chi connectivity index (χ1) is 5.07. The second kappa shape index (κ2) is 4.62. The second-order valence-electron chi connectivity index (χ2n) is 1.93. The molecule has 0 aromatic rings. The van der Waals surface area contributed by atoms with Gasteiger partial charge in [0, 0.05) is 6.42 Å². The maximum Gasteiger partial charge on any atom is 0.323 e. The van der Waals surface area contributed by atoms with E-state index in [0.29, 0.717) is 0 Å². The van der Waals surface area contributed by atoms with Gasteiger partial charge >= 0.3 is 11.9 Å². The Morgan fingerprint density at radius 3 is 2.27 bits per heavy atom. The first-order valence-corrected chi connectivity index (χ1v) is 2.88. The molecule has 11 heavy (non-hydrogen) atoms. The van der Waals surface area contributed by atoms with E-state index < -0.39 is 18.0 Å². The molecule has 6 heteroatoms. The topological polar surface area (TPSA) is 86.6 Å². The zero-order valence-electron chi connectivity index (χ0n) is 5.58. The first kappa shape index (κ1) is 9.83. The van der Waals surface area contributed by atoms with Crippen LogP contribution in [0.25, 0.3) is 0 Å². The van der Waals surface area contributed by atoms with E-state index >= 15 is 0 Å². The molecule has 0 aliphatic heterocycles. The zero-order valence-corrected chi connectivity index (χ0v) is 5.58. The summed E-state index contributed by atoms with van der Waals surface area (Å²) >= 11 is 0. The monoisotopic (exact) mass is 165 g/mol. The summed E-state index contributed by atoms with van der Waals surface area (Å²) in [6.45, 7) is 0. The number of carboxylic acids is 2. The molecular weight excluding hydrogens is 157 g/mol. The van der Waals surface area contributed by atoms with E-state index in [0.717, 1.165) is 5.54 Å². The quantitative estimate of drug-likeness (QED) is 0.490. The Morgan fingerprint density at radius 1 is 1.45 bits per heavy atom. The van der Waals surface area contributed by atoms with Crippen molar-refractivity contribution >= 4 is 11.9 Å². The van der Waals surface area contributed by atoms with Crippen molar-refractivity contribution in [3.05, 3.63) is 0 Å². The number of hydrogen-bond donors (Lipinski definition) is 3. The largest absolute Gasteiger partial charge is 0.481 e. The predicted molar refractivity (Wildman–Crippen MR) is 32.5 cm³/mol. The summed E-state index contributed by atoms with van der Waals surface area (Å²) in [5, 5.41) is 16.3. The Labute approximate surface area is 61.8 Å². The number of hydrogen-bond acceptors (Lipinski definition) is 3. The summed E-state index contributed by atoms with van der Waals surface area (Å²) < 4.78 is 11.5. The smallest absolute Gasteiger partial charge is 0.323 e. The molecule has 0 aromatic carbocycles. The van der Waals surface area contributed by atoms with Crippen molar-refractivity contribution in [2.75, 3.05) is 0 Å². The van der Waals surface area contributed by atoms with Crippen LogP contribution in [-0.4, -0.2) is 28.2 Å². The number of nitrogens with one attached hydrogen (secondary N) is 1. The van der Waals surface area contributed by atoms with Gasteiger partial charge < -0.3 is 10.2 Å². The van der Waals surface area contributed by atoms with Gasteiger partial charge in [0.05, 0.1) is 0 Å². The lowest BCUT2D eigenvalue weighted by molar-refractivity contribution is -0.142. The summed E-state index contributed by atoms with van der Waals surface area (Å²) in [4.78, 5) is 19.9. The molecule has 64 valence electrons. The average Bonchev–Trinajstić information content (AvgIpc) is 1.87. The highest BCUT2D eigenvalue weighted by molar-refractivity contribution is 5.74. The van der Waals surface area contributed by atoms with Gasteiger partial charge in [0.2, 0.25) is 0 Å². The van der Waals surface area contributed by atoms with Gasteiger partial charge in [-0.25, -0.2) is 0 Å². The molecule has 0 saturated heterocycles. The van der Waals surface area contributed by atoms with Crippen LogP contribution in [0.5, 0.6) is 0 Å². The van der Waals surface area contributed by atoms with Crippen LogP contribution in [0, 0.1) is 0 Å². The van der Waals surface area contributed by atoms with Crippen LogP contribution in [0.4, 0.5) is 4.48 Å². The molecule has 5 nitrogen and oxygen atoms in total. The highest BCUT2D eigenvalue weighted by Gasteiger charge is 2.17. The van der Waals surface area contributed by atoms with E-state index in [-0.39, 0.29) is 12.8 Å². The summed E-state index contributed by atoms with van der Waals surface area (Å²) in [5.41, 5.74) is 0.994. The van der Waals surface area contributed by atoms with Crippen molar-refractivity contribution in [1.82, 2.24) is 5.54 Å². The maximum absolute atomic E-state index is 11.5. The lowest BCUT2D eigenvalue weighted by Crippen LogP contribution is -2.31. The van der Waals surface area contributed by atoms with Gasteiger partial charge in [-0.05, 0) is 6.42 Å². The van der Waals surface area contributed by atoms with Crippen LogP contribution in [-0.2, 0) is 9.59 Å². The van der Waals surface area contributed by atoms with Crippen molar-refractivity contribution in [2.24, 2.45) is 0 Å². The third kappa shape index (κ3) is 4.26. The Bertz CT molecular complexity index is 161. The van der Waals surface area contributed by atoms with E-state index in [4.69, 9.17) is 10.2 Å². The van der Waals surface area contributed by atoms with Crippen molar-refractivity contribution in [1.29, 1.82) is 0 Å². The maximum atomic E-state index is 11.5. The van der Waals surface area contributed by atoms with Crippen LogP contribution in [0.2, 0.25) is 0 Å². The molecule has 3 N–H and O–H groups in total. The van der Waals surface area contributed by atoms with Crippen LogP contribution >= 0.6 is 0 Å². The molecule has 0 aromatic heterocycles. The lowest BCUT2D eigenvalue weighted by atomic mass is 10.2. The van der Waals surface area contributed by atoms with Gasteiger partial charge in [-0.15, -0.1) is 10.0 Å². The third-order valence-electron chi connectivity index (χ3n) is 1.08. The number of rotatable bonds is 5. The third-order valence-corrected chi connectivity index (χ3v) is 1.08. The molecule has 1 atom stereocenters. The Balaban J connectivity index is 3.70. The molecule has 0 saturated carbocycles. The van der Waals surface area contributed by atoms with Crippen LogP contribution in [0.15, 0.2) is 0 Å². The highest BCUT2D eigenvalue weighted by atomic mass is 19.2. The van der Waals surface area contributed by atoms with Gasteiger partial charge in [-0.3, -0.25) is 9.59 Å². The van der Waals surface area contributed by atoms with E-state index in [1.807, 2.05) is 0 Å². The molecule has 0 bridgehead atoms. The molecule has 0 aliphatic rings. The summed E-state index contributed by atoms with van der Waals surface area (Å²) in [5.74, 6) is -2.54. The average molecular weight is 165 g/mol. The zero-order chi connectivity index (χ0) is 8.85. The van der Waals surface area contributed by atoms with Crippen LogP contribution < -0.4 is 5.54 Å². The fourth-order valence-electron chi connectivity index (χ4n) is 0.493. The van der Waals surface area contributed by atoms with Gasteiger partial charge in [0.1, 0.15) is 6.04 Å². The van der Waals surface area contributed by atoms with E-state index in [9.17, 15) is 14.1 Å². The van der Waals surface area contributed by atoms with Crippen molar-refractivity contribution in [3.63, 3.8) is 0 Å². The lowest BCUT2D eigenvalue weighted by Gasteiger charge is -2.04. The van der Waals surface area contributed by atoms with E-state index in [1.54, 1.807) is 0 Å². The molecule has 0 rings (SSSR count). The molecule has 0 fully saturated rings. The van der Waals surface area contributed by atoms with E-state index in [1.165, 1.54) is 0 Å². The van der Waals surface area contributed by atoms with Crippen molar-refractivity contribution in [2.45, 2.75) is 18.9 Å². The molecule has 0 radical (unpaired) electrons. The van der Waals surface area contributed by atoms with Gasteiger partial charge in [0.15, 0.2) is 0 Å². The standard InChI is InChI=1S/C5H8FNO4/c6-7-3(5(10)11)1-2-4(8)9/h3,7H,1-2H2,(H,8,9)(H,10,11)/t3-/m0/s1. The second-order valence-corrected chi connectivity index (χ2v) is 1.93. The van der Waals surface area contributed by atoms with Crippen molar-refractivity contribution in [3.8, 4) is 0 Å². The Morgan fingerprint density at radius 2 is 2.00 bits per heavy atom. The molecule has 0 aliphatic carbocycles. The Kier molecular flexibility index (Phi) is 4.12. The number of carboxylic acid groups (broad SMARTS) is 2.